The Labute approximate surface area is 222 Å². The van der Waals surface area contributed by atoms with Crippen LogP contribution in [0.15, 0.2) is 76.1 Å². The number of ether oxygens (including phenoxy) is 2. The Morgan fingerprint density at radius 1 is 1.00 bits per heavy atom. The molecule has 0 spiro atoms. The summed E-state index contributed by atoms with van der Waals surface area (Å²) >= 11 is 14.5. The number of halogens is 2. The number of thiocarbonyl (C=S) groups is 1. The molecule has 184 valence electrons. The number of benzene rings is 3. The van der Waals surface area contributed by atoms with E-state index in [9.17, 15) is 13.2 Å². The van der Waals surface area contributed by atoms with Gasteiger partial charge in [0.2, 0.25) is 0 Å². The van der Waals surface area contributed by atoms with Crippen molar-refractivity contribution in [1.29, 1.82) is 0 Å². The van der Waals surface area contributed by atoms with Gasteiger partial charge < -0.3 is 14.8 Å². The molecule has 0 bridgehead atoms. The Morgan fingerprint density at radius 3 is 2.29 bits per heavy atom. The normalized spacial score (nSPS) is 10.8. The standard InChI is InChI=1S/C23H21BrClN3O5S2/c1-2-32-18-8-4-17(5-9-18)28-35(30,31)19-10-6-16(7-11-19)26-23(34)27-22(29)14-33-21-12-3-15(24)13-20(21)25/h3-13,28H,2,14H2,1H3,(H2,26,27,29,34). The van der Waals surface area contributed by atoms with Gasteiger partial charge in [-0.1, -0.05) is 27.5 Å². The molecule has 0 atom stereocenters. The zero-order chi connectivity index (χ0) is 25.4. The van der Waals surface area contributed by atoms with Crippen molar-refractivity contribution >= 4 is 72.2 Å². The number of carbonyl (C=O) groups is 1. The summed E-state index contributed by atoms with van der Waals surface area (Å²) in [6.07, 6.45) is 0. The predicted octanol–water partition coefficient (Wildman–Crippen LogP) is 5.19. The third-order valence-corrected chi connectivity index (χ3v) is 6.74. The average molecular weight is 599 g/mol. The smallest absolute Gasteiger partial charge is 0.264 e. The van der Waals surface area contributed by atoms with Crippen LogP contribution in [0, 0.1) is 0 Å². The van der Waals surface area contributed by atoms with E-state index < -0.39 is 15.9 Å². The molecule has 0 radical (unpaired) electrons. The van der Waals surface area contributed by atoms with Crippen molar-refractivity contribution in [2.24, 2.45) is 0 Å². The minimum absolute atomic E-state index is 0.0311. The molecule has 3 aromatic rings. The minimum atomic E-state index is -3.79. The lowest BCUT2D eigenvalue weighted by atomic mass is 10.3. The molecule has 12 heteroatoms. The highest BCUT2D eigenvalue weighted by Gasteiger charge is 2.15. The Kier molecular flexibility index (Phi) is 9.33. The highest BCUT2D eigenvalue weighted by Crippen LogP contribution is 2.27. The molecule has 0 fully saturated rings. The van der Waals surface area contributed by atoms with Crippen molar-refractivity contribution in [3.8, 4) is 11.5 Å². The Balaban J connectivity index is 1.52. The third-order valence-electron chi connectivity index (χ3n) is 4.35. The fourth-order valence-corrected chi connectivity index (χ4v) is 4.80. The van der Waals surface area contributed by atoms with Gasteiger partial charge in [-0.05, 0) is 85.9 Å². The molecule has 3 aromatic carbocycles. The van der Waals surface area contributed by atoms with E-state index in [1.807, 2.05) is 6.92 Å². The first-order valence-electron chi connectivity index (χ1n) is 10.2. The lowest BCUT2D eigenvalue weighted by Crippen LogP contribution is -2.37. The van der Waals surface area contributed by atoms with Crippen LogP contribution in [0.4, 0.5) is 11.4 Å². The topological polar surface area (TPSA) is 106 Å². The monoisotopic (exact) mass is 597 g/mol. The first-order valence-corrected chi connectivity index (χ1v) is 13.3. The summed E-state index contributed by atoms with van der Waals surface area (Å²) in [5.41, 5.74) is 0.901. The summed E-state index contributed by atoms with van der Waals surface area (Å²) in [5, 5.41) is 5.69. The first-order chi connectivity index (χ1) is 16.7. The van der Waals surface area contributed by atoms with Crippen molar-refractivity contribution < 1.29 is 22.7 Å². The predicted molar refractivity (Wildman–Crippen MR) is 144 cm³/mol. The van der Waals surface area contributed by atoms with Crippen LogP contribution < -0.4 is 24.8 Å². The summed E-state index contributed by atoms with van der Waals surface area (Å²) in [6, 6.07) is 17.5. The molecule has 1 amide bonds. The second-order valence-electron chi connectivity index (χ2n) is 6.95. The Hall–Kier alpha value is -2.86. The summed E-state index contributed by atoms with van der Waals surface area (Å²) < 4.78 is 39.3. The summed E-state index contributed by atoms with van der Waals surface area (Å²) in [7, 11) is -3.79. The lowest BCUT2D eigenvalue weighted by Gasteiger charge is -2.12. The van der Waals surface area contributed by atoms with Crippen LogP contribution in [0.1, 0.15) is 6.92 Å². The maximum Gasteiger partial charge on any atom is 0.264 e. The number of anilines is 2. The fraction of sp³-hybridized carbons (Fsp3) is 0.130. The van der Waals surface area contributed by atoms with Crippen molar-refractivity contribution in [3.63, 3.8) is 0 Å². The van der Waals surface area contributed by atoms with E-state index in [0.29, 0.717) is 34.5 Å². The maximum atomic E-state index is 12.7. The number of carbonyl (C=O) groups excluding carboxylic acids is 1. The van der Waals surface area contributed by atoms with Gasteiger partial charge in [-0.2, -0.15) is 0 Å². The highest BCUT2D eigenvalue weighted by atomic mass is 79.9. The number of hydrogen-bond donors (Lipinski definition) is 3. The molecule has 0 unspecified atom stereocenters. The van der Waals surface area contributed by atoms with Gasteiger partial charge in [0.15, 0.2) is 11.7 Å². The zero-order valence-electron chi connectivity index (χ0n) is 18.4. The van der Waals surface area contributed by atoms with E-state index in [-0.39, 0.29) is 16.6 Å². The molecule has 3 rings (SSSR count). The van der Waals surface area contributed by atoms with Crippen molar-refractivity contribution in [3.05, 3.63) is 76.2 Å². The van der Waals surface area contributed by atoms with Crippen molar-refractivity contribution in [2.45, 2.75) is 11.8 Å². The van der Waals surface area contributed by atoms with Crippen LogP contribution >= 0.6 is 39.7 Å². The second kappa shape index (κ2) is 12.2. The second-order valence-corrected chi connectivity index (χ2v) is 10.4. The van der Waals surface area contributed by atoms with Gasteiger partial charge in [-0.15, -0.1) is 0 Å². The summed E-state index contributed by atoms with van der Waals surface area (Å²) in [5.74, 6) is 0.525. The zero-order valence-corrected chi connectivity index (χ0v) is 22.4. The maximum absolute atomic E-state index is 12.7. The van der Waals surface area contributed by atoms with Gasteiger partial charge in [-0.25, -0.2) is 8.42 Å². The van der Waals surface area contributed by atoms with E-state index in [0.717, 1.165) is 4.47 Å². The lowest BCUT2D eigenvalue weighted by molar-refractivity contribution is -0.121. The largest absolute Gasteiger partial charge is 0.494 e. The SMILES string of the molecule is CCOc1ccc(NS(=O)(=O)c2ccc(NC(=S)NC(=O)COc3ccc(Br)cc3Cl)cc2)cc1. The van der Waals surface area contributed by atoms with Gasteiger partial charge >= 0.3 is 0 Å². The molecule has 0 aliphatic rings. The van der Waals surface area contributed by atoms with E-state index in [1.54, 1.807) is 42.5 Å². The number of amides is 1. The van der Waals surface area contributed by atoms with Crippen molar-refractivity contribution in [1.82, 2.24) is 5.32 Å². The quantitative estimate of drug-likeness (QED) is 0.291. The van der Waals surface area contributed by atoms with Gasteiger partial charge in [-0.3, -0.25) is 14.8 Å². The highest BCUT2D eigenvalue weighted by molar-refractivity contribution is 9.10. The minimum Gasteiger partial charge on any atom is -0.494 e. The third kappa shape index (κ3) is 8.10. The molecule has 0 saturated heterocycles. The molecule has 0 saturated carbocycles. The molecular weight excluding hydrogens is 578 g/mol. The van der Waals surface area contributed by atoms with E-state index in [2.05, 4.69) is 31.3 Å². The van der Waals surface area contributed by atoms with Gasteiger partial charge in [0.25, 0.3) is 15.9 Å². The molecular formula is C23H21BrClN3O5S2. The van der Waals surface area contributed by atoms with Crippen LogP contribution in [0.2, 0.25) is 5.02 Å². The van der Waals surface area contributed by atoms with Crippen LogP contribution in [-0.2, 0) is 14.8 Å². The van der Waals surface area contributed by atoms with Gasteiger partial charge in [0.05, 0.1) is 16.5 Å². The van der Waals surface area contributed by atoms with Crippen LogP contribution in [-0.4, -0.2) is 32.7 Å². The van der Waals surface area contributed by atoms with Gasteiger partial charge in [0, 0.05) is 15.8 Å². The Morgan fingerprint density at radius 2 is 1.66 bits per heavy atom. The summed E-state index contributed by atoms with van der Waals surface area (Å²) in [4.78, 5) is 12.2. The van der Waals surface area contributed by atoms with Crippen molar-refractivity contribution in [2.75, 3.05) is 23.3 Å². The number of nitrogens with one attached hydrogen (secondary N) is 3. The fourth-order valence-electron chi connectivity index (χ4n) is 2.78. The van der Waals surface area contributed by atoms with Gasteiger partial charge in [0.1, 0.15) is 11.5 Å². The van der Waals surface area contributed by atoms with E-state index >= 15 is 0 Å². The molecule has 0 aromatic heterocycles. The Bertz CT molecular complexity index is 1300. The number of sulfonamides is 1. The number of rotatable bonds is 9. The van der Waals surface area contributed by atoms with Crippen LogP contribution in [0.3, 0.4) is 0 Å². The molecule has 0 aliphatic heterocycles. The summed E-state index contributed by atoms with van der Waals surface area (Å²) in [6.45, 7) is 2.09. The first kappa shape index (κ1) is 26.7. The molecule has 35 heavy (non-hydrogen) atoms. The molecule has 8 nitrogen and oxygen atoms in total. The molecule has 0 aliphatic carbocycles. The molecule has 3 N–H and O–H groups in total. The molecule has 0 heterocycles. The number of hydrogen-bond acceptors (Lipinski definition) is 6. The van der Waals surface area contributed by atoms with Crippen LogP contribution in [0.5, 0.6) is 11.5 Å². The van der Waals surface area contributed by atoms with Crippen LogP contribution in [0.25, 0.3) is 0 Å². The average Bonchev–Trinajstić information content (AvgIpc) is 2.80. The van der Waals surface area contributed by atoms with E-state index in [4.69, 9.17) is 33.3 Å². The van der Waals surface area contributed by atoms with E-state index in [1.165, 1.54) is 24.3 Å².